The van der Waals surface area contributed by atoms with Gasteiger partial charge in [0.2, 0.25) is 0 Å². The minimum Gasteiger partial charge on any atom is -0.444 e. The van der Waals surface area contributed by atoms with Crippen molar-refractivity contribution in [2.75, 3.05) is 26.2 Å². The molecule has 3 aliphatic rings. The number of aromatic nitrogens is 1. The largest absolute Gasteiger partial charge is 0.494 e. The summed E-state index contributed by atoms with van der Waals surface area (Å²) in [6.45, 7) is 22.1. The first-order valence-electron chi connectivity index (χ1n) is 15.2. The molecule has 2 amide bonds. The fourth-order valence-corrected chi connectivity index (χ4v) is 5.50. The van der Waals surface area contributed by atoms with E-state index in [0.717, 1.165) is 42.5 Å². The van der Waals surface area contributed by atoms with Gasteiger partial charge in [0.05, 0.1) is 11.2 Å². The van der Waals surface area contributed by atoms with E-state index in [-0.39, 0.29) is 24.0 Å². The van der Waals surface area contributed by atoms with Gasteiger partial charge in [0, 0.05) is 49.4 Å². The van der Waals surface area contributed by atoms with Crippen molar-refractivity contribution in [3.63, 3.8) is 0 Å². The van der Waals surface area contributed by atoms with Crippen LogP contribution in [0.15, 0.2) is 12.1 Å². The molecule has 228 valence electrons. The Labute approximate surface area is 246 Å². The van der Waals surface area contributed by atoms with Crippen LogP contribution in [-0.4, -0.2) is 82.7 Å². The zero-order valence-electron chi connectivity index (χ0n) is 26.8. The first-order valence-corrected chi connectivity index (χ1v) is 15.2. The molecule has 0 saturated carbocycles. The van der Waals surface area contributed by atoms with Gasteiger partial charge in [-0.25, -0.2) is 9.59 Å². The molecule has 3 fully saturated rings. The van der Waals surface area contributed by atoms with Crippen molar-refractivity contribution < 1.29 is 28.4 Å². The second-order valence-electron chi connectivity index (χ2n) is 14.8. The first kappa shape index (κ1) is 31.6. The molecule has 1 aromatic heterocycles. The van der Waals surface area contributed by atoms with Crippen molar-refractivity contribution in [1.29, 1.82) is 0 Å². The Hall–Kier alpha value is -2.33. The number of likely N-dealkylation sites (tertiary alicyclic amines) is 2. The number of pyridine rings is 1. The zero-order valence-corrected chi connectivity index (χ0v) is 26.8. The summed E-state index contributed by atoms with van der Waals surface area (Å²) in [7, 11) is -0.482. The molecular weight excluding hydrogens is 521 g/mol. The predicted octanol–water partition coefficient (Wildman–Crippen LogP) is 5.61. The average Bonchev–Trinajstić information content (AvgIpc) is 3.08. The maximum atomic E-state index is 12.6. The fourth-order valence-electron chi connectivity index (χ4n) is 5.50. The third-order valence-corrected chi connectivity index (χ3v) is 8.54. The number of piperidine rings is 2. The van der Waals surface area contributed by atoms with Crippen LogP contribution in [0.1, 0.15) is 118 Å². The smallest absolute Gasteiger partial charge is 0.444 e. The van der Waals surface area contributed by atoms with Crippen molar-refractivity contribution in [1.82, 2.24) is 14.8 Å². The average molecular weight is 572 g/mol. The van der Waals surface area contributed by atoms with Crippen LogP contribution in [0.3, 0.4) is 0 Å². The highest BCUT2D eigenvalue weighted by molar-refractivity contribution is 6.62. The highest BCUT2D eigenvalue weighted by Gasteiger charge is 2.52. The Balaban J connectivity index is 1.53. The Morgan fingerprint density at radius 1 is 0.756 bits per heavy atom. The lowest BCUT2D eigenvalue weighted by atomic mass is 9.76. The second kappa shape index (κ2) is 11.4. The molecule has 0 radical (unpaired) electrons. The van der Waals surface area contributed by atoms with Crippen molar-refractivity contribution in [2.45, 2.75) is 129 Å². The fraction of sp³-hybridized carbons (Fsp3) is 0.774. The zero-order chi connectivity index (χ0) is 30.4. The van der Waals surface area contributed by atoms with Crippen molar-refractivity contribution in [3.8, 4) is 0 Å². The number of ether oxygens (including phenoxy) is 2. The van der Waals surface area contributed by atoms with E-state index in [1.54, 1.807) is 9.80 Å². The highest BCUT2D eigenvalue weighted by atomic mass is 16.7. The number of carbonyl (C=O) groups excluding carboxylic acids is 2. The van der Waals surface area contributed by atoms with Gasteiger partial charge in [0.25, 0.3) is 0 Å². The van der Waals surface area contributed by atoms with Gasteiger partial charge in [-0.15, -0.1) is 0 Å². The number of hydrogen-bond acceptors (Lipinski definition) is 7. The summed E-state index contributed by atoms with van der Waals surface area (Å²) in [6.07, 6.45) is 2.75. The van der Waals surface area contributed by atoms with E-state index in [1.165, 1.54) is 0 Å². The maximum Gasteiger partial charge on any atom is 0.494 e. The van der Waals surface area contributed by atoms with Gasteiger partial charge in [-0.1, -0.05) is 0 Å². The maximum absolute atomic E-state index is 12.6. The molecule has 3 saturated heterocycles. The van der Waals surface area contributed by atoms with Crippen LogP contribution in [0.25, 0.3) is 0 Å². The Morgan fingerprint density at radius 2 is 1.10 bits per heavy atom. The van der Waals surface area contributed by atoms with Gasteiger partial charge in [-0.05, 0) is 113 Å². The summed E-state index contributed by atoms with van der Waals surface area (Å²) in [6, 6.07) is 4.27. The lowest BCUT2D eigenvalue weighted by Gasteiger charge is -2.35. The molecule has 4 heterocycles. The standard InChI is InChI=1S/C31H50BN3O6/c1-28(2,3)38-26(36)34-15-11-21(12-16-34)24-19-23(32-40-30(7,8)31(9,10)41-32)20-25(33-24)22-13-17-35(18-14-22)27(37)39-29(4,5)6/h19-22H,11-18H2,1-10H3. The normalized spacial score (nSPS) is 22.1. The molecule has 9 nitrogen and oxygen atoms in total. The Bertz CT molecular complexity index is 1030. The second-order valence-corrected chi connectivity index (χ2v) is 14.8. The molecule has 0 spiro atoms. The summed E-state index contributed by atoms with van der Waals surface area (Å²) in [5.74, 6) is 0.438. The first-order chi connectivity index (χ1) is 18.8. The third-order valence-electron chi connectivity index (χ3n) is 8.54. The monoisotopic (exact) mass is 571 g/mol. The molecule has 1 aromatic rings. The molecule has 0 bridgehead atoms. The van der Waals surface area contributed by atoms with Gasteiger partial charge < -0.3 is 28.6 Å². The summed E-state index contributed by atoms with van der Waals surface area (Å²) < 4.78 is 24.1. The number of hydrogen-bond donors (Lipinski definition) is 0. The third kappa shape index (κ3) is 7.75. The lowest BCUT2D eigenvalue weighted by Crippen LogP contribution is -2.42. The molecule has 10 heteroatoms. The van der Waals surface area contributed by atoms with Crippen LogP contribution in [0.5, 0.6) is 0 Å². The molecule has 0 atom stereocenters. The minimum absolute atomic E-state index is 0.219. The van der Waals surface area contributed by atoms with E-state index in [9.17, 15) is 9.59 Å². The van der Waals surface area contributed by atoms with Gasteiger partial charge in [-0.3, -0.25) is 4.98 Å². The molecular formula is C31H50BN3O6. The van der Waals surface area contributed by atoms with Gasteiger partial charge >= 0.3 is 19.3 Å². The van der Waals surface area contributed by atoms with Crippen molar-refractivity contribution in [3.05, 3.63) is 23.5 Å². The van der Waals surface area contributed by atoms with Crippen LogP contribution in [0.2, 0.25) is 0 Å². The lowest BCUT2D eigenvalue weighted by molar-refractivity contribution is 0.00578. The van der Waals surface area contributed by atoms with E-state index in [2.05, 4.69) is 39.8 Å². The van der Waals surface area contributed by atoms with E-state index in [4.69, 9.17) is 23.8 Å². The van der Waals surface area contributed by atoms with E-state index >= 15 is 0 Å². The molecule has 4 rings (SSSR count). The quantitative estimate of drug-likeness (QED) is 0.436. The van der Waals surface area contributed by atoms with Crippen LogP contribution in [-0.2, 0) is 18.8 Å². The van der Waals surface area contributed by atoms with Crippen LogP contribution < -0.4 is 5.46 Å². The van der Waals surface area contributed by atoms with Crippen molar-refractivity contribution in [2.24, 2.45) is 0 Å². The van der Waals surface area contributed by atoms with Crippen LogP contribution >= 0.6 is 0 Å². The molecule has 41 heavy (non-hydrogen) atoms. The predicted molar refractivity (Wildman–Crippen MR) is 160 cm³/mol. The SMILES string of the molecule is CC(C)(C)OC(=O)N1CCC(c2cc(B3OC(C)(C)C(C)(C)O3)cc(C3CCN(C(=O)OC(C)(C)C)CC3)n2)CC1. The van der Waals surface area contributed by atoms with Crippen molar-refractivity contribution >= 4 is 24.8 Å². The van der Waals surface area contributed by atoms with Gasteiger partial charge in [-0.2, -0.15) is 0 Å². The van der Waals surface area contributed by atoms with Crippen LogP contribution in [0.4, 0.5) is 9.59 Å². The highest BCUT2D eigenvalue weighted by Crippen LogP contribution is 2.38. The summed E-state index contributed by atoms with van der Waals surface area (Å²) >= 11 is 0. The molecule has 0 aliphatic carbocycles. The topological polar surface area (TPSA) is 90.4 Å². The molecule has 0 aromatic carbocycles. The van der Waals surface area contributed by atoms with E-state index in [0.29, 0.717) is 26.2 Å². The summed E-state index contributed by atoms with van der Waals surface area (Å²) in [5, 5.41) is 0. The Morgan fingerprint density at radius 3 is 1.41 bits per heavy atom. The van der Waals surface area contributed by atoms with Gasteiger partial charge in [0.15, 0.2) is 0 Å². The minimum atomic E-state index is -0.513. The number of nitrogens with zero attached hydrogens (tertiary/aromatic N) is 3. The van der Waals surface area contributed by atoms with Crippen LogP contribution in [0, 0.1) is 0 Å². The molecule has 3 aliphatic heterocycles. The van der Waals surface area contributed by atoms with E-state index in [1.807, 2.05) is 41.5 Å². The number of amides is 2. The Kier molecular flexibility index (Phi) is 8.79. The van der Waals surface area contributed by atoms with Gasteiger partial charge in [0.1, 0.15) is 11.2 Å². The van der Waals surface area contributed by atoms with E-state index < -0.39 is 29.5 Å². The number of rotatable bonds is 3. The summed E-state index contributed by atoms with van der Waals surface area (Å²) in [4.78, 5) is 34.1. The molecule has 0 unspecified atom stereocenters. The number of carbonyl (C=O) groups is 2. The molecule has 0 N–H and O–H groups in total. The summed E-state index contributed by atoms with van der Waals surface area (Å²) in [5.41, 5.74) is 1.10.